The number of pyridine rings is 1. The monoisotopic (exact) mass is 279 g/mol. The van der Waals surface area contributed by atoms with Crippen molar-refractivity contribution in [2.75, 3.05) is 14.2 Å². The number of nitrogens with zero attached hydrogens (tertiary/aromatic N) is 1. The lowest BCUT2D eigenvalue weighted by Gasteiger charge is -2.15. The lowest BCUT2D eigenvalue weighted by Crippen LogP contribution is -2.18. The van der Waals surface area contributed by atoms with Crippen LogP contribution in [0.1, 0.15) is 11.3 Å². The van der Waals surface area contributed by atoms with Crippen molar-refractivity contribution in [1.82, 2.24) is 4.98 Å². The molecule has 1 rings (SSSR count). The fraction of sp³-hybridized carbons (Fsp3) is 0.455. The first-order valence-corrected chi connectivity index (χ1v) is 5.13. The van der Waals surface area contributed by atoms with Crippen LogP contribution in [0.25, 0.3) is 0 Å². The Bertz CT molecular complexity index is 474. The first-order chi connectivity index (χ1) is 8.78. The minimum absolute atomic E-state index is 0.0622. The van der Waals surface area contributed by atoms with Gasteiger partial charge >= 0.3 is 12.3 Å². The molecule has 0 spiro atoms. The molecule has 0 saturated carbocycles. The standard InChI is InChI=1S/C11H12F3NO4/c1-6-8(19-11(12,13)14)5-15-7(10(6)18-3)4-9(16)17-2/h5H,4H2,1-3H3. The van der Waals surface area contributed by atoms with E-state index in [-0.39, 0.29) is 23.4 Å². The lowest BCUT2D eigenvalue weighted by atomic mass is 10.1. The maximum absolute atomic E-state index is 12.2. The summed E-state index contributed by atoms with van der Waals surface area (Å²) < 4.78 is 49.7. The van der Waals surface area contributed by atoms with Crippen molar-refractivity contribution in [1.29, 1.82) is 0 Å². The van der Waals surface area contributed by atoms with Gasteiger partial charge in [-0.25, -0.2) is 0 Å². The summed E-state index contributed by atoms with van der Waals surface area (Å²) in [5.74, 6) is -0.986. The van der Waals surface area contributed by atoms with E-state index in [0.29, 0.717) is 0 Å². The van der Waals surface area contributed by atoms with Gasteiger partial charge in [-0.1, -0.05) is 0 Å². The van der Waals surface area contributed by atoms with Crippen molar-refractivity contribution in [3.8, 4) is 11.5 Å². The van der Waals surface area contributed by atoms with Crippen LogP contribution in [-0.4, -0.2) is 31.5 Å². The van der Waals surface area contributed by atoms with Crippen molar-refractivity contribution < 1.29 is 32.2 Å². The van der Waals surface area contributed by atoms with Gasteiger partial charge in [0.05, 0.1) is 32.5 Å². The van der Waals surface area contributed by atoms with E-state index in [1.165, 1.54) is 21.1 Å². The zero-order valence-electron chi connectivity index (χ0n) is 10.5. The highest BCUT2D eigenvalue weighted by atomic mass is 19.4. The maximum atomic E-state index is 12.2. The molecule has 0 fully saturated rings. The number of ether oxygens (including phenoxy) is 3. The van der Waals surface area contributed by atoms with E-state index in [4.69, 9.17) is 4.74 Å². The van der Waals surface area contributed by atoms with Crippen molar-refractivity contribution in [2.45, 2.75) is 19.7 Å². The summed E-state index contributed by atoms with van der Waals surface area (Å²) in [4.78, 5) is 14.9. The summed E-state index contributed by atoms with van der Waals surface area (Å²) in [6.07, 6.45) is -4.13. The largest absolute Gasteiger partial charge is 0.573 e. The average Bonchev–Trinajstić information content (AvgIpc) is 2.31. The highest BCUT2D eigenvalue weighted by Crippen LogP contribution is 2.33. The summed E-state index contributed by atoms with van der Waals surface area (Å²) in [5, 5.41) is 0. The number of methoxy groups -OCH3 is 2. The quantitative estimate of drug-likeness (QED) is 0.789. The Kier molecular flexibility index (Phi) is 4.57. The predicted octanol–water partition coefficient (Wildman–Crippen LogP) is 2.01. The number of carbonyl (C=O) groups excluding carboxylic acids is 1. The molecular formula is C11H12F3NO4. The third-order valence-corrected chi connectivity index (χ3v) is 2.28. The summed E-state index contributed by atoms with van der Waals surface area (Å²) in [7, 11) is 2.46. The first-order valence-electron chi connectivity index (χ1n) is 5.13. The molecule has 8 heteroatoms. The van der Waals surface area contributed by atoms with E-state index < -0.39 is 18.1 Å². The molecule has 0 radical (unpaired) electrons. The van der Waals surface area contributed by atoms with Crippen molar-refractivity contribution in [3.05, 3.63) is 17.5 Å². The van der Waals surface area contributed by atoms with Crippen LogP contribution < -0.4 is 9.47 Å². The van der Waals surface area contributed by atoms with E-state index in [0.717, 1.165) is 6.20 Å². The fourth-order valence-electron chi connectivity index (χ4n) is 1.45. The topological polar surface area (TPSA) is 57.7 Å². The van der Waals surface area contributed by atoms with Gasteiger partial charge in [-0.3, -0.25) is 9.78 Å². The van der Waals surface area contributed by atoms with Crippen LogP contribution in [0.15, 0.2) is 6.20 Å². The second kappa shape index (κ2) is 5.77. The molecule has 0 aliphatic heterocycles. The van der Waals surface area contributed by atoms with Crippen LogP contribution >= 0.6 is 0 Å². The molecule has 5 nitrogen and oxygen atoms in total. The third kappa shape index (κ3) is 4.01. The normalized spacial score (nSPS) is 11.1. The van der Waals surface area contributed by atoms with E-state index in [2.05, 4.69) is 14.5 Å². The number of rotatable bonds is 4. The Morgan fingerprint density at radius 2 is 2.00 bits per heavy atom. The summed E-state index contributed by atoms with van der Waals surface area (Å²) in [6.45, 7) is 1.38. The Labute approximate surface area is 107 Å². The SMILES string of the molecule is COC(=O)Cc1ncc(OC(F)(F)F)c(C)c1OC. The molecule has 1 heterocycles. The number of aromatic nitrogens is 1. The molecule has 1 aromatic heterocycles. The molecule has 0 amide bonds. The third-order valence-electron chi connectivity index (χ3n) is 2.28. The number of carbonyl (C=O) groups is 1. The maximum Gasteiger partial charge on any atom is 0.573 e. The second-order valence-electron chi connectivity index (χ2n) is 3.53. The van der Waals surface area contributed by atoms with Crippen LogP contribution in [0.3, 0.4) is 0 Å². The molecule has 0 bridgehead atoms. The van der Waals surface area contributed by atoms with E-state index in [9.17, 15) is 18.0 Å². The smallest absolute Gasteiger partial charge is 0.494 e. The highest BCUT2D eigenvalue weighted by molar-refractivity contribution is 5.73. The van der Waals surface area contributed by atoms with Crippen molar-refractivity contribution in [3.63, 3.8) is 0 Å². The van der Waals surface area contributed by atoms with Gasteiger partial charge in [0.1, 0.15) is 5.75 Å². The van der Waals surface area contributed by atoms with Crippen molar-refractivity contribution >= 4 is 5.97 Å². The van der Waals surface area contributed by atoms with E-state index in [1.54, 1.807) is 0 Å². The molecule has 0 atom stereocenters. The number of alkyl halides is 3. The average molecular weight is 279 g/mol. The van der Waals surface area contributed by atoms with Crippen LogP contribution in [0.2, 0.25) is 0 Å². The Morgan fingerprint density at radius 1 is 1.37 bits per heavy atom. The van der Waals surface area contributed by atoms with Gasteiger partial charge in [-0.15, -0.1) is 13.2 Å². The Balaban J connectivity index is 3.12. The van der Waals surface area contributed by atoms with Gasteiger partial charge in [0.15, 0.2) is 5.75 Å². The van der Waals surface area contributed by atoms with Gasteiger partial charge in [0.25, 0.3) is 0 Å². The van der Waals surface area contributed by atoms with Crippen LogP contribution in [0, 0.1) is 6.92 Å². The molecule has 0 N–H and O–H groups in total. The van der Waals surface area contributed by atoms with Crippen LogP contribution in [0.4, 0.5) is 13.2 Å². The first kappa shape index (κ1) is 15.1. The fourth-order valence-corrected chi connectivity index (χ4v) is 1.45. The highest BCUT2D eigenvalue weighted by Gasteiger charge is 2.32. The molecule has 1 aromatic rings. The number of hydrogen-bond acceptors (Lipinski definition) is 5. The summed E-state index contributed by atoms with van der Waals surface area (Å²) >= 11 is 0. The van der Waals surface area contributed by atoms with Crippen molar-refractivity contribution in [2.24, 2.45) is 0 Å². The zero-order valence-corrected chi connectivity index (χ0v) is 10.5. The zero-order chi connectivity index (χ0) is 14.6. The van der Waals surface area contributed by atoms with Crippen LogP contribution in [0.5, 0.6) is 11.5 Å². The van der Waals surface area contributed by atoms with Gasteiger partial charge in [-0.05, 0) is 6.92 Å². The molecule has 0 saturated heterocycles. The lowest BCUT2D eigenvalue weighted by molar-refractivity contribution is -0.275. The summed E-state index contributed by atoms with van der Waals surface area (Å²) in [5.41, 5.74) is 0.287. The van der Waals surface area contributed by atoms with Gasteiger partial charge < -0.3 is 14.2 Å². The predicted molar refractivity (Wildman–Crippen MR) is 57.9 cm³/mol. The molecule has 0 aliphatic rings. The molecule has 106 valence electrons. The molecular weight excluding hydrogens is 267 g/mol. The van der Waals surface area contributed by atoms with Gasteiger partial charge in [0, 0.05) is 5.56 Å². The Hall–Kier alpha value is -1.99. The molecule has 0 aliphatic carbocycles. The molecule has 19 heavy (non-hydrogen) atoms. The minimum Gasteiger partial charge on any atom is -0.494 e. The van der Waals surface area contributed by atoms with E-state index >= 15 is 0 Å². The molecule has 0 aromatic carbocycles. The number of esters is 1. The second-order valence-corrected chi connectivity index (χ2v) is 3.53. The van der Waals surface area contributed by atoms with Gasteiger partial charge in [-0.2, -0.15) is 0 Å². The van der Waals surface area contributed by atoms with Gasteiger partial charge in [0.2, 0.25) is 0 Å². The molecule has 0 unspecified atom stereocenters. The van der Waals surface area contributed by atoms with E-state index in [1.807, 2.05) is 0 Å². The minimum atomic E-state index is -4.82. The van der Waals surface area contributed by atoms with Crippen LogP contribution in [-0.2, 0) is 16.0 Å². The Morgan fingerprint density at radius 3 is 2.47 bits per heavy atom. The number of halogens is 3. The number of hydrogen-bond donors (Lipinski definition) is 0. The summed E-state index contributed by atoms with van der Waals surface area (Å²) in [6, 6.07) is 0.